The van der Waals surface area contributed by atoms with Gasteiger partial charge in [-0.2, -0.15) is 0 Å². The second-order valence-corrected chi connectivity index (χ2v) is 6.08. The lowest BCUT2D eigenvalue weighted by Crippen LogP contribution is -2.16. The molecular formula is C16H17IN2O. The maximum Gasteiger partial charge on any atom is 0.229 e. The molecule has 20 heavy (non-hydrogen) atoms. The van der Waals surface area contributed by atoms with E-state index in [0.717, 1.165) is 20.4 Å². The van der Waals surface area contributed by atoms with E-state index in [1.54, 1.807) is 0 Å². The highest BCUT2D eigenvalue weighted by Gasteiger charge is 2.08. The minimum Gasteiger partial charge on any atom is -0.310 e. The fourth-order valence-electron chi connectivity index (χ4n) is 1.96. The number of aryl methyl sites for hydroxylation is 3. The minimum atomic E-state index is -0.0354. The molecule has 1 aromatic carbocycles. The third kappa shape index (κ3) is 3.79. The molecule has 1 N–H and O–H groups in total. The fourth-order valence-corrected chi connectivity index (χ4v) is 2.26. The summed E-state index contributed by atoms with van der Waals surface area (Å²) < 4.78 is 1.09. The normalized spacial score (nSPS) is 10.4. The van der Waals surface area contributed by atoms with Crippen LogP contribution in [-0.2, 0) is 11.2 Å². The quantitative estimate of drug-likeness (QED) is 0.824. The van der Waals surface area contributed by atoms with Crippen LogP contribution in [0.4, 0.5) is 5.82 Å². The molecule has 0 aliphatic rings. The number of nitrogens with zero attached hydrogens (tertiary/aromatic N) is 1. The van der Waals surface area contributed by atoms with Gasteiger partial charge in [0.15, 0.2) is 0 Å². The number of rotatable bonds is 3. The lowest BCUT2D eigenvalue weighted by Gasteiger charge is -2.09. The zero-order chi connectivity index (χ0) is 14.7. The van der Waals surface area contributed by atoms with Crippen LogP contribution >= 0.6 is 22.6 Å². The summed E-state index contributed by atoms with van der Waals surface area (Å²) >= 11 is 2.23. The van der Waals surface area contributed by atoms with Crippen LogP contribution < -0.4 is 5.32 Å². The minimum absolute atomic E-state index is 0.0354. The van der Waals surface area contributed by atoms with Crippen molar-refractivity contribution in [3.05, 3.63) is 56.3 Å². The maximum atomic E-state index is 12.1. The van der Waals surface area contributed by atoms with E-state index in [4.69, 9.17) is 0 Å². The Bertz CT molecular complexity index is 653. The van der Waals surface area contributed by atoms with Crippen molar-refractivity contribution < 1.29 is 4.79 Å². The lowest BCUT2D eigenvalue weighted by molar-refractivity contribution is -0.115. The molecule has 0 saturated carbocycles. The van der Waals surface area contributed by atoms with Gasteiger partial charge < -0.3 is 5.32 Å². The van der Waals surface area contributed by atoms with E-state index in [2.05, 4.69) is 45.0 Å². The number of carbonyl (C=O) groups is 1. The smallest absolute Gasteiger partial charge is 0.229 e. The monoisotopic (exact) mass is 380 g/mol. The number of hydrogen-bond acceptors (Lipinski definition) is 2. The van der Waals surface area contributed by atoms with Crippen molar-refractivity contribution in [3.8, 4) is 0 Å². The summed E-state index contributed by atoms with van der Waals surface area (Å²) in [6.07, 6.45) is 0.375. The number of nitrogens with one attached hydrogen (secondary N) is 1. The van der Waals surface area contributed by atoms with Crippen LogP contribution in [-0.4, -0.2) is 10.9 Å². The number of halogens is 1. The first-order valence-electron chi connectivity index (χ1n) is 6.45. The van der Waals surface area contributed by atoms with E-state index in [1.165, 1.54) is 5.56 Å². The number of carbonyl (C=O) groups excluding carboxylic acids is 1. The predicted molar refractivity (Wildman–Crippen MR) is 89.9 cm³/mol. The van der Waals surface area contributed by atoms with Gasteiger partial charge in [-0.15, -0.1) is 0 Å². The molecule has 0 aliphatic carbocycles. The first kappa shape index (κ1) is 15.0. The van der Waals surface area contributed by atoms with Crippen LogP contribution in [0.25, 0.3) is 0 Å². The predicted octanol–water partition coefficient (Wildman–Crippen LogP) is 3.79. The Balaban J connectivity index is 2.09. The Morgan fingerprint density at radius 1 is 1.20 bits per heavy atom. The van der Waals surface area contributed by atoms with Gasteiger partial charge in [0.05, 0.1) is 12.1 Å². The number of aromatic nitrogens is 1. The molecule has 1 amide bonds. The van der Waals surface area contributed by atoms with Gasteiger partial charge in [-0.3, -0.25) is 4.79 Å². The number of amides is 1. The first-order chi connectivity index (χ1) is 9.45. The molecule has 104 valence electrons. The zero-order valence-corrected chi connectivity index (χ0v) is 14.0. The summed E-state index contributed by atoms with van der Waals surface area (Å²) in [5.74, 6) is 0.574. The van der Waals surface area contributed by atoms with E-state index < -0.39 is 0 Å². The molecule has 1 heterocycles. The van der Waals surface area contributed by atoms with Gasteiger partial charge in [0.25, 0.3) is 0 Å². The Kier molecular flexibility index (Phi) is 4.75. The Morgan fingerprint density at radius 3 is 2.65 bits per heavy atom. The summed E-state index contributed by atoms with van der Waals surface area (Å²) in [5.41, 5.74) is 4.29. The number of anilines is 1. The van der Waals surface area contributed by atoms with Gasteiger partial charge in [-0.05, 0) is 66.6 Å². The second kappa shape index (κ2) is 6.35. The van der Waals surface area contributed by atoms with E-state index in [0.29, 0.717) is 12.2 Å². The molecule has 1 aromatic heterocycles. The molecule has 0 unspecified atom stereocenters. The standard InChI is InChI=1S/C16H17IN2O/c1-10-4-5-11(2)13(8-10)9-16(20)19-15-7-6-14(17)12(3)18-15/h4-8H,9H2,1-3H3,(H,18,19,20). The molecule has 0 saturated heterocycles. The lowest BCUT2D eigenvalue weighted by atomic mass is 10.0. The highest BCUT2D eigenvalue weighted by atomic mass is 127. The third-order valence-corrected chi connectivity index (χ3v) is 4.28. The fraction of sp³-hybridized carbons (Fsp3) is 0.250. The molecule has 0 aliphatic heterocycles. The van der Waals surface area contributed by atoms with Crippen LogP contribution in [0.15, 0.2) is 30.3 Å². The van der Waals surface area contributed by atoms with Crippen molar-refractivity contribution in [2.45, 2.75) is 27.2 Å². The second-order valence-electron chi connectivity index (χ2n) is 4.92. The van der Waals surface area contributed by atoms with Crippen LogP contribution in [0.1, 0.15) is 22.4 Å². The zero-order valence-electron chi connectivity index (χ0n) is 11.8. The number of hydrogen-bond donors (Lipinski definition) is 1. The summed E-state index contributed by atoms with van der Waals surface area (Å²) in [7, 11) is 0. The van der Waals surface area contributed by atoms with Crippen LogP contribution in [0.2, 0.25) is 0 Å². The maximum absolute atomic E-state index is 12.1. The van der Waals surface area contributed by atoms with Gasteiger partial charge in [0.1, 0.15) is 5.82 Å². The number of benzene rings is 1. The molecule has 0 spiro atoms. The van der Waals surface area contributed by atoms with Gasteiger partial charge in [-0.25, -0.2) is 4.98 Å². The average Bonchev–Trinajstić information content (AvgIpc) is 2.38. The number of pyridine rings is 1. The molecule has 2 rings (SSSR count). The van der Waals surface area contributed by atoms with Crippen molar-refractivity contribution >= 4 is 34.3 Å². The summed E-state index contributed by atoms with van der Waals surface area (Å²) in [6.45, 7) is 5.99. The molecule has 4 heteroatoms. The summed E-state index contributed by atoms with van der Waals surface area (Å²) in [6, 6.07) is 9.94. The van der Waals surface area contributed by atoms with Crippen molar-refractivity contribution in [3.63, 3.8) is 0 Å². The molecule has 0 fully saturated rings. The Morgan fingerprint density at radius 2 is 1.95 bits per heavy atom. The van der Waals surface area contributed by atoms with Crippen molar-refractivity contribution in [2.24, 2.45) is 0 Å². The first-order valence-corrected chi connectivity index (χ1v) is 7.52. The molecule has 0 bridgehead atoms. The van der Waals surface area contributed by atoms with Crippen LogP contribution in [0.3, 0.4) is 0 Å². The van der Waals surface area contributed by atoms with E-state index in [9.17, 15) is 4.79 Å². The van der Waals surface area contributed by atoms with Gasteiger partial charge in [-0.1, -0.05) is 23.8 Å². The largest absolute Gasteiger partial charge is 0.310 e. The van der Waals surface area contributed by atoms with Crippen molar-refractivity contribution in [2.75, 3.05) is 5.32 Å². The molecule has 3 nitrogen and oxygen atoms in total. The van der Waals surface area contributed by atoms with E-state index in [1.807, 2.05) is 39.0 Å². The summed E-state index contributed by atoms with van der Waals surface area (Å²) in [4.78, 5) is 16.4. The van der Waals surface area contributed by atoms with Gasteiger partial charge in [0.2, 0.25) is 5.91 Å². The van der Waals surface area contributed by atoms with Crippen LogP contribution in [0, 0.1) is 24.3 Å². The third-order valence-electron chi connectivity index (χ3n) is 3.14. The van der Waals surface area contributed by atoms with Crippen molar-refractivity contribution in [1.29, 1.82) is 0 Å². The van der Waals surface area contributed by atoms with E-state index >= 15 is 0 Å². The molecule has 0 atom stereocenters. The van der Waals surface area contributed by atoms with E-state index in [-0.39, 0.29) is 5.91 Å². The van der Waals surface area contributed by atoms with Gasteiger partial charge in [0, 0.05) is 3.57 Å². The van der Waals surface area contributed by atoms with Crippen LogP contribution in [0.5, 0.6) is 0 Å². The van der Waals surface area contributed by atoms with Crippen molar-refractivity contribution in [1.82, 2.24) is 4.98 Å². The highest BCUT2D eigenvalue weighted by Crippen LogP contribution is 2.14. The molecule has 0 radical (unpaired) electrons. The highest BCUT2D eigenvalue weighted by molar-refractivity contribution is 14.1. The topological polar surface area (TPSA) is 42.0 Å². The molecular weight excluding hydrogens is 363 g/mol. The SMILES string of the molecule is Cc1ccc(C)c(CC(=O)Nc2ccc(I)c(C)n2)c1. The summed E-state index contributed by atoms with van der Waals surface area (Å²) in [5, 5.41) is 2.85. The molecule has 2 aromatic rings. The average molecular weight is 380 g/mol. The Labute approximate surface area is 133 Å². The Hall–Kier alpha value is -1.43. The van der Waals surface area contributed by atoms with Gasteiger partial charge >= 0.3 is 0 Å².